The maximum Gasteiger partial charge on any atom is 0.307 e. The Morgan fingerprint density at radius 2 is 1.79 bits per heavy atom. The normalized spacial score (nSPS) is 14.2. The number of pyridine rings is 1. The molecule has 0 atom stereocenters. The van der Waals surface area contributed by atoms with E-state index in [1.807, 2.05) is 18.2 Å². The van der Waals surface area contributed by atoms with Gasteiger partial charge in [0.2, 0.25) is 0 Å². The van der Waals surface area contributed by atoms with Crippen LogP contribution in [0.3, 0.4) is 0 Å². The minimum Gasteiger partial charge on any atom is -0.487 e. The van der Waals surface area contributed by atoms with Crippen molar-refractivity contribution in [2.24, 2.45) is 0 Å². The Morgan fingerprint density at radius 1 is 1.03 bits per heavy atom. The first-order valence-corrected chi connectivity index (χ1v) is 12.7. The van der Waals surface area contributed by atoms with Crippen molar-refractivity contribution in [3.05, 3.63) is 84.2 Å². The van der Waals surface area contributed by atoms with Gasteiger partial charge >= 0.3 is 5.97 Å². The molecule has 0 aliphatic carbocycles. The van der Waals surface area contributed by atoms with Crippen LogP contribution in [0.2, 0.25) is 0 Å². The number of aliphatic carboxylic acids is 1. The molecule has 0 bridgehead atoms. The van der Waals surface area contributed by atoms with Gasteiger partial charge in [-0.3, -0.25) is 9.48 Å². The molecular formula is C30H28N4O4. The lowest BCUT2D eigenvalue weighted by Gasteiger charge is -2.23. The number of carboxylic acids is 1. The molecule has 2 aromatic heterocycles. The Kier molecular flexibility index (Phi) is 6.39. The second kappa shape index (κ2) is 10.1. The Bertz CT molecular complexity index is 1640. The highest BCUT2D eigenvalue weighted by Crippen LogP contribution is 2.33. The van der Waals surface area contributed by atoms with E-state index < -0.39 is 5.97 Å². The molecule has 0 radical (unpaired) electrons. The van der Waals surface area contributed by atoms with Crippen molar-refractivity contribution in [1.82, 2.24) is 14.8 Å². The Balaban J connectivity index is 1.40. The smallest absolute Gasteiger partial charge is 0.307 e. The van der Waals surface area contributed by atoms with Crippen molar-refractivity contribution in [1.29, 1.82) is 0 Å². The lowest BCUT2D eigenvalue weighted by molar-refractivity contribution is -0.136. The van der Waals surface area contributed by atoms with Crippen LogP contribution in [0.1, 0.15) is 30.1 Å². The van der Waals surface area contributed by atoms with Crippen molar-refractivity contribution in [3.63, 3.8) is 0 Å². The zero-order valence-electron chi connectivity index (χ0n) is 20.8. The SMILES string of the molecule is Nc1nccc2ccc(-c3ccc4c(c3)c(COc3ccccc3CC(=O)O)nn4C3CCOCC3)cc12. The number of anilines is 1. The summed E-state index contributed by atoms with van der Waals surface area (Å²) in [6, 6.07) is 22.0. The first-order valence-electron chi connectivity index (χ1n) is 12.7. The maximum atomic E-state index is 11.3. The minimum absolute atomic E-state index is 0.0997. The molecule has 1 aliphatic rings. The van der Waals surface area contributed by atoms with E-state index in [-0.39, 0.29) is 19.1 Å². The summed E-state index contributed by atoms with van der Waals surface area (Å²) in [5, 5.41) is 17.3. The fourth-order valence-corrected chi connectivity index (χ4v) is 5.17. The predicted octanol–water partition coefficient (Wildman–Crippen LogP) is 5.39. The monoisotopic (exact) mass is 508 g/mol. The summed E-state index contributed by atoms with van der Waals surface area (Å²) < 4.78 is 13.8. The van der Waals surface area contributed by atoms with E-state index in [1.165, 1.54) is 0 Å². The first-order chi connectivity index (χ1) is 18.6. The highest BCUT2D eigenvalue weighted by Gasteiger charge is 2.22. The number of aromatic nitrogens is 3. The number of benzene rings is 3. The summed E-state index contributed by atoms with van der Waals surface area (Å²) in [7, 11) is 0. The highest BCUT2D eigenvalue weighted by atomic mass is 16.5. The summed E-state index contributed by atoms with van der Waals surface area (Å²) in [5.74, 6) is 0.162. The lowest BCUT2D eigenvalue weighted by Crippen LogP contribution is -2.20. The van der Waals surface area contributed by atoms with Crippen LogP contribution in [0.4, 0.5) is 5.82 Å². The summed E-state index contributed by atoms with van der Waals surface area (Å²) in [6.07, 6.45) is 3.42. The molecule has 6 rings (SSSR count). The van der Waals surface area contributed by atoms with Gasteiger partial charge in [-0.05, 0) is 59.7 Å². The standard InChI is InChI=1S/C30H28N4O4/c31-30-24-15-20(6-5-19(24)9-12-32-30)21-7-8-27-25(16-21)26(33-34(27)23-10-13-37-14-11-23)18-38-28-4-2-1-3-22(28)17-29(35)36/h1-9,12,15-16,23H,10-11,13-14,17-18H2,(H2,31,32)(H,35,36). The van der Waals surface area contributed by atoms with Crippen molar-refractivity contribution >= 4 is 33.5 Å². The minimum atomic E-state index is -0.897. The summed E-state index contributed by atoms with van der Waals surface area (Å²) in [4.78, 5) is 15.6. The third-order valence-electron chi connectivity index (χ3n) is 7.13. The second-order valence-electron chi connectivity index (χ2n) is 9.57. The maximum absolute atomic E-state index is 11.3. The van der Waals surface area contributed by atoms with Crippen molar-refractivity contribution < 1.29 is 19.4 Å². The third kappa shape index (κ3) is 4.66. The zero-order chi connectivity index (χ0) is 26.1. The van der Waals surface area contributed by atoms with Crippen LogP contribution in [-0.2, 0) is 22.6 Å². The quantitative estimate of drug-likeness (QED) is 0.303. The van der Waals surface area contributed by atoms with E-state index in [0.717, 1.165) is 51.3 Å². The average molecular weight is 509 g/mol. The van der Waals surface area contributed by atoms with Crippen LogP contribution < -0.4 is 10.5 Å². The van der Waals surface area contributed by atoms with Crippen molar-refractivity contribution in [3.8, 4) is 16.9 Å². The second-order valence-corrected chi connectivity index (χ2v) is 9.57. The molecule has 192 valence electrons. The van der Waals surface area contributed by atoms with Crippen LogP contribution >= 0.6 is 0 Å². The zero-order valence-corrected chi connectivity index (χ0v) is 20.8. The Morgan fingerprint density at radius 3 is 2.61 bits per heavy atom. The van der Waals surface area contributed by atoms with E-state index >= 15 is 0 Å². The molecule has 0 spiro atoms. The number of ether oxygens (including phenoxy) is 2. The molecule has 8 nitrogen and oxygen atoms in total. The van der Waals surface area contributed by atoms with Crippen LogP contribution in [0.25, 0.3) is 32.8 Å². The molecule has 1 aliphatic heterocycles. The van der Waals surface area contributed by atoms with E-state index in [9.17, 15) is 9.90 Å². The number of rotatable bonds is 7. The van der Waals surface area contributed by atoms with Crippen molar-refractivity contribution in [2.45, 2.75) is 31.9 Å². The fourth-order valence-electron chi connectivity index (χ4n) is 5.17. The fraction of sp³-hybridized carbons (Fsp3) is 0.233. The van der Waals surface area contributed by atoms with Gasteiger partial charge in [0.05, 0.1) is 18.0 Å². The topological polar surface area (TPSA) is 112 Å². The van der Waals surface area contributed by atoms with Gasteiger partial charge < -0.3 is 20.3 Å². The number of para-hydroxylation sites is 1. The molecule has 0 unspecified atom stereocenters. The number of fused-ring (bicyclic) bond motifs is 2. The first kappa shape index (κ1) is 23.9. The van der Waals surface area contributed by atoms with Gasteiger partial charge in [0, 0.05) is 35.7 Å². The molecular weight excluding hydrogens is 480 g/mol. The lowest BCUT2D eigenvalue weighted by atomic mass is 10.00. The van der Waals surface area contributed by atoms with Crippen molar-refractivity contribution in [2.75, 3.05) is 18.9 Å². The third-order valence-corrected chi connectivity index (χ3v) is 7.13. The molecule has 1 fully saturated rings. The molecule has 3 aromatic carbocycles. The number of nitrogens with zero attached hydrogens (tertiary/aromatic N) is 3. The summed E-state index contributed by atoms with van der Waals surface area (Å²) >= 11 is 0. The van der Waals surface area contributed by atoms with Gasteiger partial charge in [-0.15, -0.1) is 0 Å². The van der Waals surface area contributed by atoms with Gasteiger partial charge in [-0.25, -0.2) is 4.98 Å². The number of nitrogen functional groups attached to an aromatic ring is 1. The van der Waals surface area contributed by atoms with Gasteiger partial charge in [0.15, 0.2) is 0 Å². The Labute approximate surface area is 219 Å². The molecule has 0 amide bonds. The Hall–Kier alpha value is -4.43. The summed E-state index contributed by atoms with van der Waals surface area (Å²) in [6.45, 7) is 1.65. The van der Waals surface area contributed by atoms with Gasteiger partial charge in [-0.1, -0.05) is 36.4 Å². The molecule has 1 saturated heterocycles. The summed E-state index contributed by atoms with van der Waals surface area (Å²) in [5.41, 5.74) is 10.7. The molecule has 3 heterocycles. The van der Waals surface area contributed by atoms with Crippen LogP contribution in [0.5, 0.6) is 5.75 Å². The number of hydrogen-bond donors (Lipinski definition) is 2. The number of hydrogen-bond acceptors (Lipinski definition) is 6. The molecule has 5 aromatic rings. The van der Waals surface area contributed by atoms with Gasteiger partial charge in [0.1, 0.15) is 23.9 Å². The number of nitrogens with two attached hydrogens (primary N) is 1. The number of carboxylic acid groups (broad SMARTS) is 1. The van der Waals surface area contributed by atoms with E-state index in [1.54, 1.807) is 18.3 Å². The molecule has 0 saturated carbocycles. The van der Waals surface area contributed by atoms with E-state index in [2.05, 4.69) is 46.1 Å². The van der Waals surface area contributed by atoms with Crippen LogP contribution in [-0.4, -0.2) is 39.1 Å². The number of carbonyl (C=O) groups is 1. The highest BCUT2D eigenvalue weighted by molar-refractivity contribution is 5.95. The molecule has 38 heavy (non-hydrogen) atoms. The van der Waals surface area contributed by atoms with E-state index in [0.29, 0.717) is 30.3 Å². The molecule has 8 heteroatoms. The largest absolute Gasteiger partial charge is 0.487 e. The van der Waals surface area contributed by atoms with Crippen LogP contribution in [0, 0.1) is 0 Å². The van der Waals surface area contributed by atoms with Gasteiger partial charge in [0.25, 0.3) is 0 Å². The van der Waals surface area contributed by atoms with E-state index in [4.69, 9.17) is 20.3 Å². The van der Waals surface area contributed by atoms with Crippen LogP contribution in [0.15, 0.2) is 72.9 Å². The molecule has 3 N–H and O–H groups in total. The predicted molar refractivity (Wildman–Crippen MR) is 146 cm³/mol. The average Bonchev–Trinajstić information content (AvgIpc) is 3.31. The van der Waals surface area contributed by atoms with Gasteiger partial charge in [-0.2, -0.15) is 5.10 Å².